The highest BCUT2D eigenvalue weighted by Gasteiger charge is 2.00. The van der Waals surface area contributed by atoms with Crippen molar-refractivity contribution in [2.24, 2.45) is 0 Å². The molecule has 0 saturated heterocycles. The Kier molecular flexibility index (Phi) is 2.81. The Hall–Kier alpha value is -1.97. The van der Waals surface area contributed by atoms with Gasteiger partial charge < -0.3 is 5.32 Å². The van der Waals surface area contributed by atoms with E-state index >= 15 is 0 Å². The lowest BCUT2D eigenvalue weighted by Gasteiger charge is -2.06. The molecule has 0 fully saturated rings. The van der Waals surface area contributed by atoms with Crippen molar-refractivity contribution in [1.29, 1.82) is 0 Å². The smallest absolute Gasteiger partial charge is 0.214 e. The molecule has 0 amide bonds. The van der Waals surface area contributed by atoms with Crippen LogP contribution < -0.4 is 5.32 Å². The van der Waals surface area contributed by atoms with E-state index in [4.69, 9.17) is 0 Å². The highest BCUT2D eigenvalue weighted by atomic mass is 19.1. The molecule has 16 heavy (non-hydrogen) atoms. The molecule has 0 atom stereocenters. The van der Waals surface area contributed by atoms with Gasteiger partial charge in [-0.1, -0.05) is 6.07 Å². The van der Waals surface area contributed by atoms with Gasteiger partial charge in [0.2, 0.25) is 5.95 Å². The first-order valence-corrected chi connectivity index (χ1v) is 4.81. The minimum absolute atomic E-state index is 0.266. The van der Waals surface area contributed by atoms with Crippen LogP contribution in [0.25, 0.3) is 0 Å². The van der Waals surface area contributed by atoms with E-state index in [2.05, 4.69) is 10.3 Å². The first kappa shape index (κ1) is 10.5. The van der Waals surface area contributed by atoms with Crippen LogP contribution in [0.4, 0.5) is 20.3 Å². The molecule has 0 bridgehead atoms. The largest absolute Gasteiger partial charge is 0.340 e. The number of aromatic nitrogens is 1. The normalized spacial score (nSPS) is 10.2. The van der Waals surface area contributed by atoms with Crippen LogP contribution >= 0.6 is 0 Å². The lowest BCUT2D eigenvalue weighted by Crippen LogP contribution is -1.95. The first-order valence-electron chi connectivity index (χ1n) is 4.81. The standard InChI is InChI=1S/C12H10F2N2/c1-8-7-9(5-6-10(8)13)15-12-4-2-3-11(14)16-12/h2-7H,1H3,(H,15,16). The molecule has 0 unspecified atom stereocenters. The van der Waals surface area contributed by atoms with Crippen LogP contribution in [0, 0.1) is 18.7 Å². The summed E-state index contributed by atoms with van der Waals surface area (Å²) < 4.78 is 25.8. The topological polar surface area (TPSA) is 24.9 Å². The fraction of sp³-hybridized carbons (Fsp3) is 0.0833. The van der Waals surface area contributed by atoms with Gasteiger partial charge in [-0.15, -0.1) is 0 Å². The minimum atomic E-state index is -0.552. The van der Waals surface area contributed by atoms with Crippen molar-refractivity contribution in [2.75, 3.05) is 5.32 Å². The van der Waals surface area contributed by atoms with Gasteiger partial charge in [-0.05, 0) is 42.8 Å². The average Bonchev–Trinajstić information content (AvgIpc) is 2.24. The lowest BCUT2D eigenvalue weighted by atomic mass is 10.2. The molecule has 4 heteroatoms. The molecular formula is C12H10F2N2. The highest BCUT2D eigenvalue weighted by Crippen LogP contribution is 2.17. The Balaban J connectivity index is 2.24. The SMILES string of the molecule is Cc1cc(Nc2cccc(F)n2)ccc1F. The molecule has 2 aromatic rings. The second kappa shape index (κ2) is 4.26. The molecule has 0 saturated carbocycles. The van der Waals surface area contributed by atoms with Crippen LogP contribution in [0.1, 0.15) is 5.56 Å². The molecule has 2 nitrogen and oxygen atoms in total. The average molecular weight is 220 g/mol. The van der Waals surface area contributed by atoms with Gasteiger partial charge in [0.15, 0.2) is 0 Å². The number of halogens is 2. The number of nitrogens with one attached hydrogen (secondary N) is 1. The van der Waals surface area contributed by atoms with Gasteiger partial charge in [0, 0.05) is 5.69 Å². The monoisotopic (exact) mass is 220 g/mol. The predicted molar refractivity (Wildman–Crippen MR) is 58.6 cm³/mol. The van der Waals surface area contributed by atoms with E-state index in [-0.39, 0.29) is 5.82 Å². The Labute approximate surface area is 92.0 Å². The van der Waals surface area contributed by atoms with Crippen molar-refractivity contribution in [3.63, 3.8) is 0 Å². The summed E-state index contributed by atoms with van der Waals surface area (Å²) in [5.41, 5.74) is 1.21. The number of anilines is 2. The summed E-state index contributed by atoms with van der Waals surface area (Å²) >= 11 is 0. The van der Waals surface area contributed by atoms with Crippen LogP contribution in [0.2, 0.25) is 0 Å². The Morgan fingerprint density at radius 3 is 2.62 bits per heavy atom. The predicted octanol–water partition coefficient (Wildman–Crippen LogP) is 3.41. The maximum absolute atomic E-state index is 13.0. The van der Waals surface area contributed by atoms with Gasteiger partial charge in [0.05, 0.1) is 0 Å². The molecule has 1 aromatic heterocycles. The third-order valence-electron chi connectivity index (χ3n) is 2.15. The molecule has 1 aromatic carbocycles. The number of hydrogen-bond donors (Lipinski definition) is 1. The maximum atomic E-state index is 13.0. The second-order valence-corrected chi connectivity index (χ2v) is 3.43. The van der Waals surface area contributed by atoms with Gasteiger partial charge in [0.25, 0.3) is 0 Å². The first-order chi connectivity index (χ1) is 7.65. The molecule has 0 aliphatic carbocycles. The van der Waals surface area contributed by atoms with E-state index in [9.17, 15) is 8.78 Å². The molecular weight excluding hydrogens is 210 g/mol. The van der Waals surface area contributed by atoms with Crippen molar-refractivity contribution in [3.05, 3.63) is 53.7 Å². The summed E-state index contributed by atoms with van der Waals surface area (Å²) in [4.78, 5) is 3.65. The van der Waals surface area contributed by atoms with E-state index in [1.165, 1.54) is 12.1 Å². The number of benzene rings is 1. The summed E-state index contributed by atoms with van der Waals surface area (Å²) in [5.74, 6) is -0.424. The van der Waals surface area contributed by atoms with Crippen LogP contribution in [0.5, 0.6) is 0 Å². The van der Waals surface area contributed by atoms with Gasteiger partial charge in [-0.3, -0.25) is 0 Å². The quantitative estimate of drug-likeness (QED) is 0.784. The number of aryl methyl sites for hydroxylation is 1. The maximum Gasteiger partial charge on any atom is 0.214 e. The van der Waals surface area contributed by atoms with Gasteiger partial charge >= 0.3 is 0 Å². The third kappa shape index (κ3) is 2.34. The number of nitrogens with zero attached hydrogens (tertiary/aromatic N) is 1. The van der Waals surface area contributed by atoms with Gasteiger partial charge in [0.1, 0.15) is 11.6 Å². The van der Waals surface area contributed by atoms with Crippen LogP contribution in [0.3, 0.4) is 0 Å². The van der Waals surface area contributed by atoms with Crippen molar-refractivity contribution in [1.82, 2.24) is 4.98 Å². The summed E-state index contributed by atoms with van der Waals surface area (Å²) in [6.07, 6.45) is 0. The third-order valence-corrected chi connectivity index (χ3v) is 2.15. The fourth-order valence-electron chi connectivity index (χ4n) is 1.35. The Bertz CT molecular complexity index is 512. The number of rotatable bonds is 2. The summed E-state index contributed by atoms with van der Waals surface area (Å²) in [6.45, 7) is 1.67. The van der Waals surface area contributed by atoms with Crippen LogP contribution in [-0.2, 0) is 0 Å². The van der Waals surface area contributed by atoms with Crippen molar-refractivity contribution >= 4 is 11.5 Å². The van der Waals surface area contributed by atoms with E-state index in [1.54, 1.807) is 31.2 Å². The van der Waals surface area contributed by atoms with Gasteiger partial charge in [-0.25, -0.2) is 9.37 Å². The molecule has 0 aliphatic heterocycles. The molecule has 0 aliphatic rings. The zero-order valence-electron chi connectivity index (χ0n) is 8.67. The summed E-state index contributed by atoms with van der Waals surface area (Å²) in [5, 5.41) is 2.90. The Morgan fingerprint density at radius 1 is 1.12 bits per heavy atom. The van der Waals surface area contributed by atoms with E-state index in [1.807, 2.05) is 0 Å². The molecule has 0 radical (unpaired) electrons. The molecule has 1 N–H and O–H groups in total. The zero-order chi connectivity index (χ0) is 11.5. The van der Waals surface area contributed by atoms with Crippen molar-refractivity contribution in [3.8, 4) is 0 Å². The summed E-state index contributed by atoms with van der Waals surface area (Å²) in [7, 11) is 0. The number of hydrogen-bond acceptors (Lipinski definition) is 2. The zero-order valence-corrected chi connectivity index (χ0v) is 8.67. The Morgan fingerprint density at radius 2 is 1.94 bits per heavy atom. The van der Waals surface area contributed by atoms with E-state index in [0.29, 0.717) is 17.1 Å². The molecule has 1 heterocycles. The minimum Gasteiger partial charge on any atom is -0.340 e. The fourth-order valence-corrected chi connectivity index (χ4v) is 1.35. The van der Waals surface area contributed by atoms with Crippen molar-refractivity contribution in [2.45, 2.75) is 6.92 Å². The van der Waals surface area contributed by atoms with Crippen LogP contribution in [0.15, 0.2) is 36.4 Å². The van der Waals surface area contributed by atoms with Gasteiger partial charge in [-0.2, -0.15) is 4.39 Å². The molecule has 2 rings (SSSR count). The van der Waals surface area contributed by atoms with E-state index in [0.717, 1.165) is 0 Å². The van der Waals surface area contributed by atoms with E-state index < -0.39 is 5.95 Å². The second-order valence-electron chi connectivity index (χ2n) is 3.43. The van der Waals surface area contributed by atoms with Crippen LogP contribution in [-0.4, -0.2) is 4.98 Å². The molecule has 82 valence electrons. The molecule has 0 spiro atoms. The van der Waals surface area contributed by atoms with Crippen molar-refractivity contribution < 1.29 is 8.78 Å². The lowest BCUT2D eigenvalue weighted by molar-refractivity contribution is 0.585. The highest BCUT2D eigenvalue weighted by molar-refractivity contribution is 5.56. The number of pyridine rings is 1. The summed E-state index contributed by atoms with van der Waals surface area (Å²) in [6, 6.07) is 9.04.